The van der Waals surface area contributed by atoms with Crippen LogP contribution in [0.15, 0.2) is 49.2 Å². The number of hydrogen-bond donors (Lipinski definition) is 4. The van der Waals surface area contributed by atoms with Crippen molar-refractivity contribution >= 4 is 11.8 Å². The van der Waals surface area contributed by atoms with Gasteiger partial charge in [0.05, 0.1) is 53.8 Å². The van der Waals surface area contributed by atoms with Crippen LogP contribution in [0.5, 0.6) is 0 Å². The quantitative estimate of drug-likeness (QED) is 0.127. The third kappa shape index (κ3) is 13.5. The van der Waals surface area contributed by atoms with Crippen molar-refractivity contribution in [1.29, 1.82) is 0 Å². The summed E-state index contributed by atoms with van der Waals surface area (Å²) in [7, 11) is 4.92. The number of carbonyl (C=O) groups excluding carboxylic acids is 2. The Morgan fingerprint density at radius 2 is 1.57 bits per heavy atom. The number of carbonyl (C=O) groups is 2. The molecule has 0 unspecified atom stereocenters. The Balaban J connectivity index is 1.26. The van der Waals surface area contributed by atoms with Crippen LogP contribution in [0.4, 0.5) is 4.39 Å². The Bertz CT molecular complexity index is 2300. The van der Waals surface area contributed by atoms with E-state index in [1.165, 1.54) is 32.2 Å². The van der Waals surface area contributed by atoms with E-state index in [9.17, 15) is 34.4 Å². The predicted molar refractivity (Wildman–Crippen MR) is 274 cm³/mol. The van der Waals surface area contributed by atoms with Gasteiger partial charge in [0.1, 0.15) is 48.7 Å². The van der Waals surface area contributed by atoms with Gasteiger partial charge in [-0.3, -0.25) is 9.59 Å². The average Bonchev–Trinajstić information content (AvgIpc) is 3.86. The molecule has 19 atom stereocenters. The van der Waals surface area contributed by atoms with Gasteiger partial charge >= 0.3 is 5.97 Å². The number of alkyl halides is 1. The van der Waals surface area contributed by atoms with E-state index in [2.05, 4.69) is 20.3 Å². The van der Waals surface area contributed by atoms with Gasteiger partial charge in [0, 0.05) is 81.6 Å². The molecule has 0 radical (unpaired) electrons. The molecule has 5 heterocycles. The fourth-order valence-electron chi connectivity index (χ4n) is 11.7. The number of hydrogen-bond acceptors (Lipinski definition) is 18. The predicted octanol–water partition coefficient (Wildman–Crippen LogP) is 5.62. The molecule has 4 N–H and O–H groups in total. The Labute approximate surface area is 442 Å². The Kier molecular flexibility index (Phi) is 20.3. The standard InChI is InChI=1S/C55H85FN6O13/c1-15-42-55(11,68)48(65)32(4)44(63)30(2)23-54(10,70-14)50(33(5)46(34(6)51(67)73-42)74-43-24-53(8,9)49(66)35(7)72-43)75-52-45(64)40(22-31(3)71-52)61(12)21-20-39-28-62(60-59-39)41(25-56)47(69-13)37-18-16-36(17-19-37)38-26-57-29-58-27-38/h16-19,26-35,40-43,45-50,52,64-66,68H,15,20-25H2,1-14H3/t30-,31-,32+,33+,34-,35+,40+,41-,42-,43+,45-,46+,47-,48-,49+,50-,52+,54-,55-/m1/s1. The van der Waals surface area contributed by atoms with E-state index in [1.54, 1.807) is 60.1 Å². The molecule has 3 aromatic rings. The van der Waals surface area contributed by atoms with Crippen molar-refractivity contribution in [2.45, 2.75) is 199 Å². The van der Waals surface area contributed by atoms with E-state index in [0.29, 0.717) is 25.1 Å². The van der Waals surface area contributed by atoms with Gasteiger partial charge in [0.15, 0.2) is 12.6 Å². The first-order valence-electron chi connectivity index (χ1n) is 26.5. The Morgan fingerprint density at radius 1 is 0.907 bits per heavy atom. The second kappa shape index (κ2) is 25.2. The number of ketones is 1. The number of cyclic esters (lactones) is 1. The number of Topliss-reactive ketones (excluding diaryl/α,β-unsaturated/α-hetero) is 1. The van der Waals surface area contributed by atoms with Crippen molar-refractivity contribution in [2.75, 3.05) is 34.5 Å². The van der Waals surface area contributed by atoms with Crippen molar-refractivity contribution < 1.29 is 67.6 Å². The first-order valence-corrected chi connectivity index (χ1v) is 26.5. The summed E-state index contributed by atoms with van der Waals surface area (Å²) in [5, 5.41) is 55.6. The molecular weight excluding hydrogens is 972 g/mol. The summed E-state index contributed by atoms with van der Waals surface area (Å²) in [5.74, 6) is -4.73. The average molecular weight is 1060 g/mol. The van der Waals surface area contributed by atoms with Gasteiger partial charge in [-0.1, -0.05) is 71.0 Å². The molecule has 3 saturated heterocycles. The first kappa shape index (κ1) is 60.3. The van der Waals surface area contributed by atoms with Crippen molar-refractivity contribution in [3.8, 4) is 11.1 Å². The number of aromatic nitrogens is 5. The van der Waals surface area contributed by atoms with Crippen LogP contribution in [0.1, 0.15) is 125 Å². The van der Waals surface area contributed by atoms with Crippen molar-refractivity contribution in [3.05, 3.63) is 60.4 Å². The number of nitrogens with zero attached hydrogens (tertiary/aromatic N) is 6. The summed E-state index contributed by atoms with van der Waals surface area (Å²) in [6.45, 7) is 18.8. The van der Waals surface area contributed by atoms with Crippen LogP contribution >= 0.6 is 0 Å². The van der Waals surface area contributed by atoms with Crippen LogP contribution in [-0.2, 0) is 49.2 Å². The smallest absolute Gasteiger partial charge is 0.311 e. The number of methoxy groups -OCH3 is 2. The number of aliphatic hydroxyl groups excluding tert-OH is 3. The second-order valence-electron chi connectivity index (χ2n) is 22.7. The van der Waals surface area contributed by atoms with Gasteiger partial charge in [-0.15, -0.1) is 5.10 Å². The molecule has 3 aliphatic heterocycles. The van der Waals surface area contributed by atoms with E-state index in [0.717, 1.165) is 16.7 Å². The number of likely N-dealkylation sites (N-methyl/N-ethyl adjacent to an activating group) is 1. The lowest BCUT2D eigenvalue weighted by Gasteiger charge is -2.50. The van der Waals surface area contributed by atoms with Gasteiger partial charge in [0.25, 0.3) is 0 Å². The van der Waals surface area contributed by atoms with Gasteiger partial charge in [-0.25, -0.2) is 19.0 Å². The zero-order chi connectivity index (χ0) is 55.3. The SMILES string of the molecule is CC[C@H]1OC(=O)[C@H](C)[C@@H](O[C@H]2CC(C)(C)[C@@H](O)[C@H](C)O2)[C@H](C)[C@@H](O[C@@H]2O[C@H](C)C[C@H](N(C)CCc3cn([C@H](CF)[C@H](OC)c4ccc(-c5cncnc5)cc4)nn3)[C@H]2O)[C@](C)(OC)C[C@@H](C)C(=O)[C@H](C)[C@@H](O)[C@]1(C)O. The minimum atomic E-state index is -2.00. The third-order valence-electron chi connectivity index (χ3n) is 16.5. The second-order valence-corrected chi connectivity index (χ2v) is 22.7. The molecule has 0 spiro atoms. The van der Waals surface area contributed by atoms with Crippen LogP contribution in [-0.4, -0.2) is 175 Å². The van der Waals surface area contributed by atoms with Crippen molar-refractivity contribution in [3.63, 3.8) is 0 Å². The largest absolute Gasteiger partial charge is 0.459 e. The molecule has 2 aromatic heterocycles. The molecule has 19 nitrogen and oxygen atoms in total. The van der Waals surface area contributed by atoms with E-state index >= 15 is 0 Å². The molecule has 20 heteroatoms. The third-order valence-corrected chi connectivity index (χ3v) is 16.5. The molecular formula is C55H85FN6O13. The molecule has 3 aliphatic rings. The van der Waals surface area contributed by atoms with Crippen LogP contribution in [0.2, 0.25) is 0 Å². The lowest BCUT2D eigenvalue weighted by atomic mass is 9.73. The Hall–Kier alpha value is -3.93. The lowest BCUT2D eigenvalue weighted by Crippen LogP contribution is -2.61. The number of rotatable bonds is 16. The molecule has 75 heavy (non-hydrogen) atoms. The summed E-state index contributed by atoms with van der Waals surface area (Å²) in [6, 6.07) is 6.29. The van der Waals surface area contributed by atoms with E-state index in [4.69, 9.17) is 33.2 Å². The number of benzene rings is 1. The van der Waals surface area contributed by atoms with Crippen LogP contribution in [0, 0.1) is 29.1 Å². The normalized spacial score (nSPS) is 37.1. The molecule has 1 aromatic carbocycles. The van der Waals surface area contributed by atoms with Gasteiger partial charge in [-0.2, -0.15) is 0 Å². The van der Waals surface area contributed by atoms with Crippen LogP contribution in [0.3, 0.4) is 0 Å². The molecule has 0 aliphatic carbocycles. The molecule has 6 rings (SSSR count). The molecule has 0 bridgehead atoms. The minimum absolute atomic E-state index is 0.0582. The maximum atomic E-state index is 14.9. The highest BCUT2D eigenvalue weighted by Gasteiger charge is 2.54. The summed E-state index contributed by atoms with van der Waals surface area (Å²) >= 11 is 0. The lowest BCUT2D eigenvalue weighted by molar-refractivity contribution is -0.314. The minimum Gasteiger partial charge on any atom is -0.459 e. The maximum Gasteiger partial charge on any atom is 0.311 e. The molecule has 0 saturated carbocycles. The number of ether oxygens (including phenoxy) is 7. The molecule has 3 fully saturated rings. The zero-order valence-corrected chi connectivity index (χ0v) is 46.4. The van der Waals surface area contributed by atoms with Crippen LogP contribution in [0.25, 0.3) is 11.1 Å². The van der Waals surface area contributed by atoms with Crippen molar-refractivity contribution in [2.24, 2.45) is 29.1 Å². The van der Waals surface area contributed by atoms with Crippen LogP contribution < -0.4 is 0 Å². The fourth-order valence-corrected chi connectivity index (χ4v) is 11.7. The Morgan fingerprint density at radius 3 is 2.17 bits per heavy atom. The summed E-state index contributed by atoms with van der Waals surface area (Å²) in [5.41, 5.74) is -0.850. The topological polar surface area (TPSA) is 239 Å². The number of esters is 1. The monoisotopic (exact) mass is 1060 g/mol. The maximum absolute atomic E-state index is 14.9. The number of aliphatic hydroxyl groups is 4. The zero-order valence-electron chi connectivity index (χ0n) is 46.4. The fraction of sp³-hybridized carbons (Fsp3) is 0.745. The first-order chi connectivity index (χ1) is 35.3. The van der Waals surface area contributed by atoms with Gasteiger partial charge < -0.3 is 58.5 Å². The number of halogens is 1. The van der Waals surface area contributed by atoms with Crippen molar-refractivity contribution in [1.82, 2.24) is 29.9 Å². The van der Waals surface area contributed by atoms with E-state index < -0.39 is 133 Å². The highest BCUT2D eigenvalue weighted by molar-refractivity contribution is 5.83. The highest BCUT2D eigenvalue weighted by Crippen LogP contribution is 2.43. The van der Waals surface area contributed by atoms with Gasteiger partial charge in [-0.05, 0) is 77.5 Å². The summed E-state index contributed by atoms with van der Waals surface area (Å²) in [6.07, 6.45) is -2.82. The van der Waals surface area contributed by atoms with E-state index in [-0.39, 0.29) is 25.0 Å². The molecule has 420 valence electrons. The molecule has 0 amide bonds. The summed E-state index contributed by atoms with van der Waals surface area (Å²) in [4.78, 5) is 39.0. The van der Waals surface area contributed by atoms with Gasteiger partial charge in [0.2, 0.25) is 0 Å². The highest BCUT2D eigenvalue weighted by atomic mass is 19.1. The summed E-state index contributed by atoms with van der Waals surface area (Å²) < 4.78 is 61.3. The van der Waals surface area contributed by atoms with E-state index in [1.807, 2.05) is 63.9 Å².